The maximum absolute atomic E-state index is 11.8. The minimum atomic E-state index is -3.55. The van der Waals surface area contributed by atoms with E-state index in [0.29, 0.717) is 12.5 Å². The summed E-state index contributed by atoms with van der Waals surface area (Å²) in [6.07, 6.45) is 7.47. The van der Waals surface area contributed by atoms with E-state index in [9.17, 15) is 13.2 Å². The molecule has 1 N–H and O–H groups in total. The van der Waals surface area contributed by atoms with Crippen molar-refractivity contribution < 1.29 is 17.9 Å². The van der Waals surface area contributed by atoms with E-state index in [1.807, 2.05) is 30.3 Å². The summed E-state index contributed by atoms with van der Waals surface area (Å²) in [5.41, 5.74) is 0.801. The smallest absolute Gasteiger partial charge is 0.307 e. The zero-order chi connectivity index (χ0) is 17.3. The molecule has 132 valence electrons. The average Bonchev–Trinajstić information content (AvgIpc) is 2.60. The van der Waals surface area contributed by atoms with Crippen molar-refractivity contribution in [2.75, 3.05) is 13.2 Å². The number of benzene rings is 1. The predicted molar refractivity (Wildman–Crippen MR) is 94.5 cm³/mol. The number of esters is 1. The number of sulfonamides is 1. The minimum absolute atomic E-state index is 0.0466. The van der Waals surface area contributed by atoms with Gasteiger partial charge in [-0.15, -0.1) is 0 Å². The van der Waals surface area contributed by atoms with Gasteiger partial charge in [0.2, 0.25) is 10.0 Å². The van der Waals surface area contributed by atoms with Gasteiger partial charge in [-0.3, -0.25) is 4.79 Å². The van der Waals surface area contributed by atoms with E-state index in [1.54, 1.807) is 0 Å². The summed E-state index contributed by atoms with van der Waals surface area (Å²) in [7, 11) is -3.55. The van der Waals surface area contributed by atoms with Crippen LogP contribution in [0.25, 0.3) is 6.08 Å². The second-order valence-electron chi connectivity index (χ2n) is 6.09. The van der Waals surface area contributed by atoms with Crippen LogP contribution in [0.1, 0.15) is 44.1 Å². The van der Waals surface area contributed by atoms with Gasteiger partial charge in [-0.05, 0) is 30.4 Å². The number of carbonyl (C=O) groups is 1. The van der Waals surface area contributed by atoms with Gasteiger partial charge in [0, 0.05) is 12.0 Å². The standard InChI is InChI=1S/C18H25NO4S/c20-18(23-15-17-9-5-2-6-10-17)11-13-19-24(21,22)14-12-16-7-3-1-4-8-16/h1,3-4,7-8,12,14,17,19H,2,5-6,9-11,13,15H2/b14-12+. The van der Waals surface area contributed by atoms with Crippen LogP contribution in [-0.2, 0) is 19.6 Å². The lowest BCUT2D eigenvalue weighted by Crippen LogP contribution is -2.25. The highest BCUT2D eigenvalue weighted by Crippen LogP contribution is 2.23. The monoisotopic (exact) mass is 351 g/mol. The van der Waals surface area contributed by atoms with Gasteiger partial charge in [-0.1, -0.05) is 49.6 Å². The lowest BCUT2D eigenvalue weighted by atomic mass is 9.90. The van der Waals surface area contributed by atoms with E-state index in [-0.39, 0.29) is 18.9 Å². The second kappa shape index (κ2) is 9.59. The molecule has 1 aromatic carbocycles. The van der Waals surface area contributed by atoms with Crippen LogP contribution in [0.2, 0.25) is 0 Å². The van der Waals surface area contributed by atoms with Gasteiger partial charge in [0.25, 0.3) is 0 Å². The summed E-state index contributed by atoms with van der Waals surface area (Å²) in [5.74, 6) is 0.114. The number of rotatable bonds is 8. The molecule has 0 unspecified atom stereocenters. The molecule has 0 spiro atoms. The summed E-state index contributed by atoms with van der Waals surface area (Å²) in [6, 6.07) is 9.16. The van der Waals surface area contributed by atoms with E-state index in [2.05, 4.69) is 4.72 Å². The van der Waals surface area contributed by atoms with Crippen LogP contribution in [-0.4, -0.2) is 27.5 Å². The molecule has 24 heavy (non-hydrogen) atoms. The SMILES string of the molecule is O=C(CCNS(=O)(=O)/C=C/c1ccccc1)OCC1CCCCC1. The van der Waals surface area contributed by atoms with Gasteiger partial charge >= 0.3 is 5.97 Å². The fourth-order valence-electron chi connectivity index (χ4n) is 2.71. The first kappa shape index (κ1) is 18.7. The molecule has 1 aromatic rings. The van der Waals surface area contributed by atoms with E-state index < -0.39 is 10.0 Å². The van der Waals surface area contributed by atoms with Crippen molar-refractivity contribution in [3.8, 4) is 0 Å². The van der Waals surface area contributed by atoms with Gasteiger partial charge in [-0.25, -0.2) is 13.1 Å². The van der Waals surface area contributed by atoms with Gasteiger partial charge in [0.1, 0.15) is 0 Å². The average molecular weight is 351 g/mol. The summed E-state index contributed by atoms with van der Waals surface area (Å²) < 4.78 is 31.3. The van der Waals surface area contributed by atoms with Gasteiger partial charge < -0.3 is 4.74 Å². The molecule has 0 aliphatic heterocycles. The second-order valence-corrected chi connectivity index (χ2v) is 7.74. The van der Waals surface area contributed by atoms with Gasteiger partial charge in [0.15, 0.2) is 0 Å². The fraction of sp³-hybridized carbons (Fsp3) is 0.500. The van der Waals surface area contributed by atoms with Gasteiger partial charge in [0.05, 0.1) is 13.0 Å². The molecule has 5 nitrogen and oxygen atoms in total. The van der Waals surface area contributed by atoms with Crippen LogP contribution in [0, 0.1) is 5.92 Å². The Morgan fingerprint density at radius 3 is 2.58 bits per heavy atom. The molecule has 0 atom stereocenters. The lowest BCUT2D eigenvalue weighted by molar-refractivity contribution is -0.145. The molecule has 1 aliphatic rings. The molecule has 1 saturated carbocycles. The van der Waals surface area contributed by atoms with Crippen LogP contribution in [0.4, 0.5) is 0 Å². The summed E-state index contributed by atoms with van der Waals surface area (Å²) in [4.78, 5) is 11.7. The lowest BCUT2D eigenvalue weighted by Gasteiger charge is -2.20. The first-order chi connectivity index (χ1) is 11.6. The highest BCUT2D eigenvalue weighted by Gasteiger charge is 2.15. The zero-order valence-corrected chi connectivity index (χ0v) is 14.6. The van der Waals surface area contributed by atoms with Crippen molar-refractivity contribution in [3.05, 3.63) is 41.3 Å². The van der Waals surface area contributed by atoms with E-state index in [4.69, 9.17) is 4.74 Å². The Kier molecular flexibility index (Phi) is 7.46. The van der Waals surface area contributed by atoms with Crippen molar-refractivity contribution in [2.45, 2.75) is 38.5 Å². The Bertz CT molecular complexity index is 634. The van der Waals surface area contributed by atoms with Crippen molar-refractivity contribution in [3.63, 3.8) is 0 Å². The summed E-state index contributed by atoms with van der Waals surface area (Å²) >= 11 is 0. The Morgan fingerprint density at radius 2 is 1.88 bits per heavy atom. The quantitative estimate of drug-likeness (QED) is 0.731. The highest BCUT2D eigenvalue weighted by atomic mass is 32.2. The Morgan fingerprint density at radius 1 is 1.17 bits per heavy atom. The number of ether oxygens (including phenoxy) is 1. The molecule has 0 radical (unpaired) electrons. The molecule has 0 amide bonds. The molecular formula is C18H25NO4S. The molecule has 0 bridgehead atoms. The normalized spacial score (nSPS) is 16.3. The molecule has 0 heterocycles. The topological polar surface area (TPSA) is 72.5 Å². The van der Waals surface area contributed by atoms with Crippen LogP contribution >= 0.6 is 0 Å². The van der Waals surface area contributed by atoms with Crippen LogP contribution in [0.3, 0.4) is 0 Å². The third-order valence-electron chi connectivity index (χ3n) is 4.08. The fourth-order valence-corrected chi connectivity index (χ4v) is 3.53. The van der Waals surface area contributed by atoms with E-state index in [1.165, 1.54) is 25.3 Å². The van der Waals surface area contributed by atoms with Crippen molar-refractivity contribution >= 4 is 22.1 Å². The number of carbonyl (C=O) groups excluding carboxylic acids is 1. The predicted octanol–water partition coefficient (Wildman–Crippen LogP) is 3.09. The van der Waals surface area contributed by atoms with Crippen molar-refractivity contribution in [1.82, 2.24) is 4.72 Å². The Labute approximate surface area is 144 Å². The molecule has 6 heteroatoms. The first-order valence-corrected chi connectivity index (χ1v) is 9.98. The number of hydrogen-bond acceptors (Lipinski definition) is 4. The molecule has 1 fully saturated rings. The third kappa shape index (κ3) is 7.27. The number of nitrogens with one attached hydrogen (secondary N) is 1. The van der Waals surface area contributed by atoms with Crippen molar-refractivity contribution in [1.29, 1.82) is 0 Å². The Balaban J connectivity index is 1.66. The van der Waals surface area contributed by atoms with Crippen LogP contribution in [0.15, 0.2) is 35.7 Å². The highest BCUT2D eigenvalue weighted by molar-refractivity contribution is 7.92. The molecule has 1 aliphatic carbocycles. The summed E-state index contributed by atoms with van der Waals surface area (Å²) in [5, 5.41) is 1.11. The summed E-state index contributed by atoms with van der Waals surface area (Å²) in [6.45, 7) is 0.504. The molecular weight excluding hydrogens is 326 g/mol. The minimum Gasteiger partial charge on any atom is -0.465 e. The van der Waals surface area contributed by atoms with Crippen LogP contribution < -0.4 is 4.72 Å². The zero-order valence-electron chi connectivity index (χ0n) is 13.8. The maximum Gasteiger partial charge on any atom is 0.307 e. The third-order valence-corrected chi connectivity index (χ3v) is 5.18. The van der Waals surface area contributed by atoms with E-state index in [0.717, 1.165) is 23.8 Å². The Hall–Kier alpha value is -1.66. The largest absolute Gasteiger partial charge is 0.465 e. The molecule has 2 rings (SSSR count). The molecule has 0 saturated heterocycles. The van der Waals surface area contributed by atoms with E-state index >= 15 is 0 Å². The first-order valence-electron chi connectivity index (χ1n) is 8.43. The number of hydrogen-bond donors (Lipinski definition) is 1. The maximum atomic E-state index is 11.8. The van der Waals surface area contributed by atoms with Crippen molar-refractivity contribution in [2.24, 2.45) is 5.92 Å². The molecule has 0 aromatic heterocycles. The van der Waals surface area contributed by atoms with Gasteiger partial charge in [-0.2, -0.15) is 0 Å². The van der Waals surface area contributed by atoms with Crippen LogP contribution in [0.5, 0.6) is 0 Å².